The maximum absolute atomic E-state index is 4.49. The van der Waals surface area contributed by atoms with Crippen molar-refractivity contribution in [3.05, 3.63) is 35.7 Å². The fraction of sp³-hybridized carbons (Fsp3) is 0.556. The molecule has 136 valence electrons. The van der Waals surface area contributed by atoms with E-state index in [9.17, 15) is 0 Å². The Morgan fingerprint density at radius 2 is 2.12 bits per heavy atom. The molecule has 1 aliphatic heterocycles. The molecule has 0 amide bonds. The molecule has 0 bridgehead atoms. The van der Waals surface area contributed by atoms with Crippen LogP contribution >= 0.6 is 11.3 Å². The standard InChI is InChI=1S/C18H28N6S/c1-15(2)14-24-7-6-20-16(24)13-21-18(19-3)23-10-8-22(9-11-23)17-5-4-12-25-17/h4-7,12,15H,8-11,13-14H2,1-3H3,(H,19,21). The lowest BCUT2D eigenvalue weighted by molar-refractivity contribution is 0.372. The molecule has 0 aliphatic carbocycles. The molecule has 0 unspecified atom stereocenters. The van der Waals surface area contributed by atoms with Crippen LogP contribution in [0.25, 0.3) is 0 Å². The van der Waals surface area contributed by atoms with Gasteiger partial charge in [0.05, 0.1) is 11.5 Å². The Bertz CT molecular complexity index is 668. The smallest absolute Gasteiger partial charge is 0.194 e. The van der Waals surface area contributed by atoms with Gasteiger partial charge in [-0.15, -0.1) is 11.3 Å². The first-order valence-corrected chi connectivity index (χ1v) is 9.79. The molecule has 2 aromatic heterocycles. The van der Waals surface area contributed by atoms with Gasteiger partial charge in [0.2, 0.25) is 0 Å². The van der Waals surface area contributed by atoms with Crippen molar-refractivity contribution in [3.63, 3.8) is 0 Å². The minimum absolute atomic E-state index is 0.609. The Labute approximate surface area is 154 Å². The lowest BCUT2D eigenvalue weighted by Gasteiger charge is -2.37. The van der Waals surface area contributed by atoms with Crippen molar-refractivity contribution in [2.45, 2.75) is 26.9 Å². The van der Waals surface area contributed by atoms with Crippen LogP contribution in [0.2, 0.25) is 0 Å². The van der Waals surface area contributed by atoms with E-state index in [0.29, 0.717) is 12.5 Å². The Morgan fingerprint density at radius 3 is 2.76 bits per heavy atom. The zero-order chi connectivity index (χ0) is 17.6. The average Bonchev–Trinajstić information content (AvgIpc) is 3.28. The van der Waals surface area contributed by atoms with Gasteiger partial charge in [0.15, 0.2) is 5.96 Å². The lowest BCUT2D eigenvalue weighted by Crippen LogP contribution is -2.52. The predicted molar refractivity (Wildman–Crippen MR) is 105 cm³/mol. The molecular formula is C18H28N6S. The van der Waals surface area contributed by atoms with E-state index in [1.165, 1.54) is 5.00 Å². The number of guanidine groups is 1. The highest BCUT2D eigenvalue weighted by Gasteiger charge is 2.20. The topological polar surface area (TPSA) is 48.7 Å². The fourth-order valence-electron chi connectivity index (χ4n) is 3.15. The molecule has 1 fully saturated rings. The average molecular weight is 361 g/mol. The number of nitrogens with zero attached hydrogens (tertiary/aromatic N) is 5. The summed E-state index contributed by atoms with van der Waals surface area (Å²) in [5.41, 5.74) is 0. The molecule has 7 heteroatoms. The molecule has 0 spiro atoms. The summed E-state index contributed by atoms with van der Waals surface area (Å²) in [4.78, 5) is 13.7. The van der Waals surface area contributed by atoms with Crippen LogP contribution < -0.4 is 10.2 Å². The summed E-state index contributed by atoms with van der Waals surface area (Å²) in [5.74, 6) is 2.63. The van der Waals surface area contributed by atoms with Crippen LogP contribution in [-0.2, 0) is 13.1 Å². The molecule has 1 aliphatic rings. The minimum Gasteiger partial charge on any atom is -0.360 e. The van der Waals surface area contributed by atoms with E-state index in [0.717, 1.165) is 44.5 Å². The van der Waals surface area contributed by atoms with Crippen LogP contribution in [0.3, 0.4) is 0 Å². The van der Waals surface area contributed by atoms with Gasteiger partial charge >= 0.3 is 0 Å². The summed E-state index contributed by atoms with van der Waals surface area (Å²) in [6.07, 6.45) is 3.93. The molecule has 2 aromatic rings. The first kappa shape index (κ1) is 17.8. The van der Waals surface area contributed by atoms with Gasteiger partial charge in [-0.25, -0.2) is 4.98 Å². The summed E-state index contributed by atoms with van der Waals surface area (Å²) in [7, 11) is 1.86. The number of anilines is 1. The third kappa shape index (κ3) is 4.54. The molecule has 1 saturated heterocycles. The molecule has 3 heterocycles. The van der Waals surface area contributed by atoms with Crippen LogP contribution in [0.5, 0.6) is 0 Å². The highest BCUT2D eigenvalue weighted by atomic mass is 32.1. The number of imidazole rings is 1. The van der Waals surface area contributed by atoms with Gasteiger partial charge in [0.25, 0.3) is 0 Å². The van der Waals surface area contributed by atoms with Crippen LogP contribution in [0.15, 0.2) is 34.9 Å². The second-order valence-corrected chi connectivity index (χ2v) is 7.64. The summed E-state index contributed by atoms with van der Waals surface area (Å²) in [5, 5.41) is 6.98. The number of rotatable bonds is 5. The minimum atomic E-state index is 0.609. The molecule has 25 heavy (non-hydrogen) atoms. The van der Waals surface area contributed by atoms with E-state index in [2.05, 4.69) is 67.2 Å². The summed E-state index contributed by atoms with van der Waals surface area (Å²) in [6, 6.07) is 4.31. The number of thiophene rings is 1. The largest absolute Gasteiger partial charge is 0.360 e. The molecule has 3 rings (SSSR count). The van der Waals surface area contributed by atoms with Crippen LogP contribution in [0.4, 0.5) is 5.00 Å². The summed E-state index contributed by atoms with van der Waals surface area (Å²) in [6.45, 7) is 10.2. The number of piperazine rings is 1. The normalized spacial score (nSPS) is 15.9. The Balaban J connectivity index is 1.53. The van der Waals surface area contributed by atoms with E-state index >= 15 is 0 Å². The van der Waals surface area contributed by atoms with Gasteiger partial charge in [-0.1, -0.05) is 13.8 Å². The van der Waals surface area contributed by atoms with Crippen LogP contribution in [-0.4, -0.2) is 53.6 Å². The van der Waals surface area contributed by atoms with Crippen molar-refractivity contribution in [1.29, 1.82) is 0 Å². The molecule has 0 saturated carbocycles. The SMILES string of the molecule is CN=C(NCc1nccn1CC(C)C)N1CCN(c2cccs2)CC1. The Morgan fingerprint density at radius 1 is 1.32 bits per heavy atom. The van der Waals surface area contributed by atoms with E-state index in [1.54, 1.807) is 0 Å². The first-order valence-electron chi connectivity index (χ1n) is 8.91. The highest BCUT2D eigenvalue weighted by Crippen LogP contribution is 2.22. The Hall–Kier alpha value is -2.02. The molecule has 6 nitrogen and oxygen atoms in total. The van der Waals surface area contributed by atoms with E-state index in [1.807, 2.05) is 24.6 Å². The summed E-state index contributed by atoms with van der Waals surface area (Å²) >= 11 is 1.81. The monoisotopic (exact) mass is 360 g/mol. The Kier molecular flexibility index (Phi) is 5.96. The molecule has 1 N–H and O–H groups in total. The van der Waals surface area contributed by atoms with Gasteiger partial charge in [0, 0.05) is 52.2 Å². The van der Waals surface area contributed by atoms with Crippen molar-refractivity contribution in [1.82, 2.24) is 19.8 Å². The number of hydrogen-bond donors (Lipinski definition) is 1. The van der Waals surface area contributed by atoms with Gasteiger partial charge in [-0.2, -0.15) is 0 Å². The van der Waals surface area contributed by atoms with E-state index in [4.69, 9.17) is 0 Å². The van der Waals surface area contributed by atoms with Crippen molar-refractivity contribution in [3.8, 4) is 0 Å². The quantitative estimate of drug-likeness (QED) is 0.657. The van der Waals surface area contributed by atoms with Crippen molar-refractivity contribution in [2.24, 2.45) is 10.9 Å². The number of aliphatic imine (C=N–C) groups is 1. The van der Waals surface area contributed by atoms with Crippen LogP contribution in [0.1, 0.15) is 19.7 Å². The number of aromatic nitrogens is 2. The van der Waals surface area contributed by atoms with Crippen molar-refractivity contribution in [2.75, 3.05) is 38.1 Å². The van der Waals surface area contributed by atoms with Gasteiger partial charge in [-0.05, 0) is 23.4 Å². The second-order valence-electron chi connectivity index (χ2n) is 6.72. The van der Waals surface area contributed by atoms with Gasteiger partial charge in [0.1, 0.15) is 5.82 Å². The molecule has 0 radical (unpaired) electrons. The predicted octanol–water partition coefficient (Wildman–Crippen LogP) is 2.50. The van der Waals surface area contributed by atoms with Crippen molar-refractivity contribution >= 4 is 22.3 Å². The van der Waals surface area contributed by atoms with E-state index in [-0.39, 0.29) is 0 Å². The summed E-state index contributed by atoms with van der Waals surface area (Å²) < 4.78 is 2.22. The third-order valence-electron chi connectivity index (χ3n) is 4.38. The fourth-order valence-corrected chi connectivity index (χ4v) is 3.93. The lowest BCUT2D eigenvalue weighted by atomic mass is 10.2. The highest BCUT2D eigenvalue weighted by molar-refractivity contribution is 7.14. The number of nitrogens with one attached hydrogen (secondary N) is 1. The first-order chi connectivity index (χ1) is 12.2. The molecular weight excluding hydrogens is 332 g/mol. The van der Waals surface area contributed by atoms with Crippen molar-refractivity contribution < 1.29 is 0 Å². The van der Waals surface area contributed by atoms with Gasteiger partial charge < -0.3 is 19.7 Å². The maximum Gasteiger partial charge on any atom is 0.194 e. The number of hydrogen-bond acceptors (Lipinski definition) is 4. The maximum atomic E-state index is 4.49. The molecule has 0 atom stereocenters. The third-order valence-corrected chi connectivity index (χ3v) is 5.31. The zero-order valence-electron chi connectivity index (χ0n) is 15.4. The second kappa shape index (κ2) is 8.38. The zero-order valence-corrected chi connectivity index (χ0v) is 16.2. The van der Waals surface area contributed by atoms with E-state index < -0.39 is 0 Å². The van der Waals surface area contributed by atoms with Crippen LogP contribution in [0, 0.1) is 5.92 Å². The van der Waals surface area contributed by atoms with Gasteiger partial charge in [-0.3, -0.25) is 4.99 Å². The molecule has 0 aromatic carbocycles.